The van der Waals surface area contributed by atoms with Crippen LogP contribution in [-0.4, -0.2) is 16.1 Å². The number of carboxylic acid groups (broad SMARTS) is 1. The van der Waals surface area contributed by atoms with Crippen molar-refractivity contribution in [3.05, 3.63) is 51.2 Å². The average molecular weight is 317 g/mol. The Balaban J connectivity index is 2.44. The van der Waals surface area contributed by atoms with Gasteiger partial charge in [0.05, 0.1) is 17.1 Å². The first kappa shape index (κ1) is 14.1. The highest BCUT2D eigenvalue weighted by Crippen LogP contribution is 2.32. The summed E-state index contributed by atoms with van der Waals surface area (Å²) in [5, 5.41) is 10.1. The monoisotopic (exact) mass is 315 g/mol. The van der Waals surface area contributed by atoms with Crippen molar-refractivity contribution in [1.82, 2.24) is 4.98 Å². The molecule has 2 rings (SSSR count). The van der Waals surface area contributed by atoms with E-state index >= 15 is 0 Å². The number of rotatable bonds is 3. The second kappa shape index (κ2) is 5.78. The van der Waals surface area contributed by atoms with Gasteiger partial charge in [0.15, 0.2) is 0 Å². The van der Waals surface area contributed by atoms with Gasteiger partial charge in [-0.3, -0.25) is 9.78 Å². The molecule has 19 heavy (non-hydrogen) atoms. The van der Waals surface area contributed by atoms with E-state index in [0.29, 0.717) is 26.9 Å². The van der Waals surface area contributed by atoms with Crippen LogP contribution >= 0.6 is 34.8 Å². The zero-order valence-electron chi connectivity index (χ0n) is 9.53. The number of hydrogen-bond donors (Lipinski definition) is 1. The molecule has 0 aliphatic rings. The molecule has 3 nitrogen and oxygen atoms in total. The summed E-state index contributed by atoms with van der Waals surface area (Å²) in [5.74, 6) is -0.983. The van der Waals surface area contributed by atoms with Crippen molar-refractivity contribution in [1.29, 1.82) is 0 Å². The summed E-state index contributed by atoms with van der Waals surface area (Å²) in [6.45, 7) is 0. The number of halogens is 3. The van der Waals surface area contributed by atoms with E-state index in [-0.39, 0.29) is 11.4 Å². The van der Waals surface area contributed by atoms with Crippen LogP contribution < -0.4 is 0 Å². The lowest BCUT2D eigenvalue weighted by atomic mass is 10.1. The van der Waals surface area contributed by atoms with Crippen molar-refractivity contribution in [2.45, 2.75) is 6.42 Å². The van der Waals surface area contributed by atoms with Crippen LogP contribution in [0, 0.1) is 0 Å². The van der Waals surface area contributed by atoms with Crippen LogP contribution in [0.5, 0.6) is 0 Å². The van der Waals surface area contributed by atoms with Crippen LogP contribution in [0.1, 0.15) is 5.69 Å². The average Bonchev–Trinajstić information content (AvgIpc) is 2.34. The Kier molecular flexibility index (Phi) is 4.30. The Morgan fingerprint density at radius 2 is 1.89 bits per heavy atom. The number of carbonyl (C=O) groups is 1. The number of hydrogen-bond acceptors (Lipinski definition) is 2. The Morgan fingerprint density at radius 3 is 2.53 bits per heavy atom. The second-order valence-corrected chi connectivity index (χ2v) is 5.10. The maximum Gasteiger partial charge on any atom is 0.309 e. The molecule has 0 bridgehead atoms. The summed E-state index contributed by atoms with van der Waals surface area (Å²) in [6, 6.07) is 6.69. The first-order valence-electron chi connectivity index (χ1n) is 5.29. The van der Waals surface area contributed by atoms with Gasteiger partial charge in [-0.05, 0) is 24.3 Å². The highest BCUT2D eigenvalue weighted by Gasteiger charge is 2.11. The fourth-order valence-electron chi connectivity index (χ4n) is 1.61. The molecular formula is C13H8Cl3NO2. The van der Waals surface area contributed by atoms with E-state index in [2.05, 4.69) is 4.98 Å². The minimum Gasteiger partial charge on any atom is -0.481 e. The van der Waals surface area contributed by atoms with Crippen molar-refractivity contribution < 1.29 is 9.90 Å². The maximum atomic E-state index is 10.6. The Bertz CT molecular complexity index is 644. The number of aromatic nitrogens is 1. The first-order chi connectivity index (χ1) is 8.97. The quantitative estimate of drug-likeness (QED) is 0.916. The van der Waals surface area contributed by atoms with Gasteiger partial charge in [0, 0.05) is 27.4 Å². The van der Waals surface area contributed by atoms with Gasteiger partial charge in [0.2, 0.25) is 0 Å². The minimum absolute atomic E-state index is 0.220. The molecule has 0 spiro atoms. The van der Waals surface area contributed by atoms with Crippen LogP contribution in [0.3, 0.4) is 0 Å². The van der Waals surface area contributed by atoms with E-state index in [1.54, 1.807) is 24.3 Å². The molecule has 1 aromatic heterocycles. The zero-order valence-corrected chi connectivity index (χ0v) is 11.8. The smallest absolute Gasteiger partial charge is 0.309 e. The summed E-state index contributed by atoms with van der Waals surface area (Å²) < 4.78 is 0. The molecule has 0 fully saturated rings. The molecular weight excluding hydrogens is 309 g/mol. The zero-order chi connectivity index (χ0) is 14.0. The van der Waals surface area contributed by atoms with Gasteiger partial charge >= 0.3 is 5.97 Å². The Hall–Kier alpha value is -1.29. The second-order valence-electron chi connectivity index (χ2n) is 3.85. The number of carboxylic acids is 1. The van der Waals surface area contributed by atoms with E-state index in [1.165, 1.54) is 6.20 Å². The molecule has 1 aromatic carbocycles. The maximum absolute atomic E-state index is 10.6. The van der Waals surface area contributed by atoms with E-state index < -0.39 is 5.97 Å². The summed E-state index contributed by atoms with van der Waals surface area (Å²) in [4.78, 5) is 14.7. The SMILES string of the molecule is O=C(O)Cc1ncc(-c2cc(Cl)ccc2Cl)cc1Cl. The summed E-state index contributed by atoms with van der Waals surface area (Å²) >= 11 is 18.0. The number of pyridine rings is 1. The first-order valence-corrected chi connectivity index (χ1v) is 6.42. The van der Waals surface area contributed by atoms with Crippen molar-refractivity contribution in [2.24, 2.45) is 0 Å². The van der Waals surface area contributed by atoms with Crippen LogP contribution in [0.25, 0.3) is 11.1 Å². The van der Waals surface area contributed by atoms with Crippen molar-refractivity contribution >= 4 is 40.8 Å². The number of nitrogens with zero attached hydrogens (tertiary/aromatic N) is 1. The number of aliphatic carboxylic acids is 1. The molecule has 0 unspecified atom stereocenters. The fraction of sp³-hybridized carbons (Fsp3) is 0.0769. The normalized spacial score (nSPS) is 10.5. The van der Waals surface area contributed by atoms with Crippen LogP contribution in [0.15, 0.2) is 30.5 Å². The molecule has 0 aliphatic heterocycles. The van der Waals surface area contributed by atoms with Crippen molar-refractivity contribution in [3.8, 4) is 11.1 Å². The topological polar surface area (TPSA) is 50.2 Å². The van der Waals surface area contributed by atoms with Crippen LogP contribution in [0.2, 0.25) is 15.1 Å². The highest BCUT2D eigenvalue weighted by molar-refractivity contribution is 6.35. The van der Waals surface area contributed by atoms with Gasteiger partial charge in [-0.2, -0.15) is 0 Å². The molecule has 1 heterocycles. The van der Waals surface area contributed by atoms with Gasteiger partial charge in [-0.25, -0.2) is 0 Å². The number of benzene rings is 1. The molecule has 0 atom stereocenters. The predicted molar refractivity (Wildman–Crippen MR) is 76.0 cm³/mol. The Morgan fingerprint density at radius 1 is 1.16 bits per heavy atom. The molecule has 1 N–H and O–H groups in total. The largest absolute Gasteiger partial charge is 0.481 e. The predicted octanol–water partition coefficient (Wildman–Crippen LogP) is 4.34. The van der Waals surface area contributed by atoms with Crippen molar-refractivity contribution in [2.75, 3.05) is 0 Å². The van der Waals surface area contributed by atoms with Gasteiger partial charge in [-0.1, -0.05) is 34.8 Å². The van der Waals surface area contributed by atoms with E-state index in [1.807, 2.05) is 0 Å². The lowest BCUT2D eigenvalue weighted by molar-refractivity contribution is -0.136. The van der Waals surface area contributed by atoms with E-state index in [0.717, 1.165) is 0 Å². The van der Waals surface area contributed by atoms with E-state index in [9.17, 15) is 4.79 Å². The minimum atomic E-state index is -0.983. The van der Waals surface area contributed by atoms with Gasteiger partial charge in [0.25, 0.3) is 0 Å². The lowest BCUT2D eigenvalue weighted by Gasteiger charge is -2.07. The summed E-state index contributed by atoms with van der Waals surface area (Å²) in [7, 11) is 0. The molecule has 2 aromatic rings. The summed E-state index contributed by atoms with van der Waals surface area (Å²) in [5.41, 5.74) is 1.70. The lowest BCUT2D eigenvalue weighted by Crippen LogP contribution is -2.03. The third kappa shape index (κ3) is 3.38. The molecule has 0 amide bonds. The molecule has 6 heteroatoms. The van der Waals surface area contributed by atoms with Gasteiger partial charge in [-0.15, -0.1) is 0 Å². The molecule has 0 saturated heterocycles. The third-order valence-corrected chi connectivity index (χ3v) is 3.37. The molecule has 98 valence electrons. The molecule has 0 saturated carbocycles. The molecule has 0 radical (unpaired) electrons. The highest BCUT2D eigenvalue weighted by atomic mass is 35.5. The van der Waals surface area contributed by atoms with E-state index in [4.69, 9.17) is 39.9 Å². The van der Waals surface area contributed by atoms with Crippen LogP contribution in [-0.2, 0) is 11.2 Å². The standard InChI is InChI=1S/C13H8Cl3NO2/c14-8-1-2-10(15)9(4-8)7-3-11(16)12(17-6-7)5-13(18)19/h1-4,6H,5H2,(H,18,19). The van der Waals surface area contributed by atoms with Crippen molar-refractivity contribution in [3.63, 3.8) is 0 Å². The van der Waals surface area contributed by atoms with Gasteiger partial charge < -0.3 is 5.11 Å². The Labute approximate surface area is 124 Å². The summed E-state index contributed by atoms with van der Waals surface area (Å²) in [6.07, 6.45) is 1.31. The third-order valence-electron chi connectivity index (χ3n) is 2.48. The van der Waals surface area contributed by atoms with Gasteiger partial charge in [0.1, 0.15) is 0 Å². The molecule has 0 aliphatic carbocycles. The fourth-order valence-corrected chi connectivity index (χ4v) is 2.24. The van der Waals surface area contributed by atoms with Crippen LogP contribution in [0.4, 0.5) is 0 Å².